The highest BCUT2D eigenvalue weighted by Crippen LogP contribution is 2.24. The summed E-state index contributed by atoms with van der Waals surface area (Å²) in [5, 5.41) is 2.89. The molecule has 0 aromatic heterocycles. The molecule has 23 heavy (non-hydrogen) atoms. The number of nitrogens with one attached hydrogen (secondary N) is 1. The molecule has 0 aromatic carbocycles. The highest BCUT2D eigenvalue weighted by Gasteiger charge is 2.33. The van der Waals surface area contributed by atoms with Crippen molar-refractivity contribution in [3.63, 3.8) is 0 Å². The second-order valence-corrected chi connectivity index (χ2v) is 7.55. The molecule has 1 aliphatic heterocycles. The van der Waals surface area contributed by atoms with Crippen molar-refractivity contribution in [3.05, 3.63) is 0 Å². The molecular formula is C17H28N2O4. The van der Waals surface area contributed by atoms with E-state index in [0.29, 0.717) is 19.4 Å². The molecule has 6 nitrogen and oxygen atoms in total. The number of carbonyl (C=O) groups excluding carboxylic acids is 3. The maximum atomic E-state index is 12.2. The quantitative estimate of drug-likeness (QED) is 0.787. The van der Waals surface area contributed by atoms with Gasteiger partial charge in [-0.3, -0.25) is 9.59 Å². The topological polar surface area (TPSA) is 75.7 Å². The smallest absolute Gasteiger partial charge is 0.410 e. The zero-order valence-electron chi connectivity index (χ0n) is 14.4. The van der Waals surface area contributed by atoms with Gasteiger partial charge in [0.1, 0.15) is 11.4 Å². The van der Waals surface area contributed by atoms with Gasteiger partial charge in [0.25, 0.3) is 0 Å². The predicted octanol–water partition coefficient (Wildman–Crippen LogP) is 2.26. The van der Waals surface area contributed by atoms with Crippen LogP contribution >= 0.6 is 0 Å². The lowest BCUT2D eigenvalue weighted by Crippen LogP contribution is -2.41. The molecule has 0 radical (unpaired) electrons. The van der Waals surface area contributed by atoms with Gasteiger partial charge in [0.2, 0.25) is 5.91 Å². The van der Waals surface area contributed by atoms with Gasteiger partial charge in [-0.2, -0.15) is 0 Å². The first kappa shape index (κ1) is 17.8. The van der Waals surface area contributed by atoms with Gasteiger partial charge in [0, 0.05) is 32.0 Å². The summed E-state index contributed by atoms with van der Waals surface area (Å²) in [5.41, 5.74) is -0.474. The van der Waals surface area contributed by atoms with Crippen LogP contribution in [0, 0.1) is 5.92 Å². The highest BCUT2D eigenvalue weighted by atomic mass is 16.6. The fourth-order valence-corrected chi connectivity index (χ4v) is 3.07. The Balaban J connectivity index is 1.67. The van der Waals surface area contributed by atoms with Crippen LogP contribution < -0.4 is 5.32 Å². The lowest BCUT2D eigenvalue weighted by Gasteiger charge is -2.28. The number of hydrogen-bond acceptors (Lipinski definition) is 4. The molecule has 0 aromatic rings. The lowest BCUT2D eigenvalue weighted by molar-refractivity contribution is -0.137. The van der Waals surface area contributed by atoms with Gasteiger partial charge in [0.05, 0.1) is 5.92 Å². The van der Waals surface area contributed by atoms with Crippen molar-refractivity contribution < 1.29 is 19.1 Å². The summed E-state index contributed by atoms with van der Waals surface area (Å²) in [6.45, 7) is 6.96. The van der Waals surface area contributed by atoms with Gasteiger partial charge in [0.15, 0.2) is 0 Å². The molecule has 1 atom stereocenters. The van der Waals surface area contributed by atoms with E-state index >= 15 is 0 Å². The minimum atomic E-state index is -0.474. The number of likely N-dealkylation sites (tertiary alicyclic amines) is 1. The number of rotatable bonds is 5. The summed E-state index contributed by atoms with van der Waals surface area (Å²) < 4.78 is 5.45. The number of amides is 2. The molecule has 1 saturated heterocycles. The van der Waals surface area contributed by atoms with E-state index in [1.165, 1.54) is 0 Å². The van der Waals surface area contributed by atoms with Gasteiger partial charge in [-0.15, -0.1) is 0 Å². The van der Waals surface area contributed by atoms with Crippen LogP contribution in [0.1, 0.15) is 59.3 Å². The Morgan fingerprint density at radius 1 is 1.30 bits per heavy atom. The van der Waals surface area contributed by atoms with E-state index < -0.39 is 5.60 Å². The maximum Gasteiger partial charge on any atom is 0.410 e. The SMILES string of the molecule is CC(C)(C)OC(=O)N1CCCC1CCCNC(=O)C1CC(=O)C1. The van der Waals surface area contributed by atoms with Crippen LogP contribution in [0.15, 0.2) is 0 Å². The molecule has 1 saturated carbocycles. The molecule has 1 unspecified atom stereocenters. The largest absolute Gasteiger partial charge is 0.444 e. The van der Waals surface area contributed by atoms with E-state index in [2.05, 4.69) is 5.32 Å². The van der Waals surface area contributed by atoms with Crippen molar-refractivity contribution >= 4 is 17.8 Å². The molecule has 2 amide bonds. The second-order valence-electron chi connectivity index (χ2n) is 7.55. The van der Waals surface area contributed by atoms with E-state index in [1.54, 1.807) is 0 Å². The van der Waals surface area contributed by atoms with Gasteiger partial charge >= 0.3 is 6.09 Å². The van der Waals surface area contributed by atoms with Crippen LogP contribution in [0.5, 0.6) is 0 Å². The van der Waals surface area contributed by atoms with Gasteiger partial charge in [-0.1, -0.05) is 0 Å². The van der Waals surface area contributed by atoms with E-state index in [1.807, 2.05) is 25.7 Å². The second kappa shape index (κ2) is 7.32. The standard InChI is InChI=1S/C17H28N2O4/c1-17(2,3)23-16(22)19-9-5-7-13(19)6-4-8-18-15(21)12-10-14(20)11-12/h12-13H,4-11H2,1-3H3,(H,18,21). The lowest BCUT2D eigenvalue weighted by atomic mass is 9.83. The van der Waals surface area contributed by atoms with Crippen molar-refractivity contribution in [1.29, 1.82) is 0 Å². The molecule has 1 aliphatic carbocycles. The third-order valence-electron chi connectivity index (χ3n) is 4.34. The van der Waals surface area contributed by atoms with Crippen molar-refractivity contribution in [2.45, 2.75) is 70.9 Å². The normalized spacial score (nSPS) is 22.0. The minimum Gasteiger partial charge on any atom is -0.444 e. The maximum absolute atomic E-state index is 12.2. The summed E-state index contributed by atoms with van der Waals surface area (Å²) >= 11 is 0. The molecule has 2 fully saturated rings. The molecule has 1 heterocycles. The Hall–Kier alpha value is -1.59. The Morgan fingerprint density at radius 2 is 2.00 bits per heavy atom. The number of Topliss-reactive ketones (excluding diaryl/α,β-unsaturated/α-hetero) is 1. The number of hydrogen-bond donors (Lipinski definition) is 1. The Morgan fingerprint density at radius 3 is 2.61 bits per heavy atom. The van der Waals surface area contributed by atoms with Crippen LogP contribution in [0.2, 0.25) is 0 Å². The van der Waals surface area contributed by atoms with Crippen molar-refractivity contribution in [2.24, 2.45) is 5.92 Å². The Kier molecular flexibility index (Phi) is 5.65. The van der Waals surface area contributed by atoms with Gasteiger partial charge in [-0.05, 0) is 46.5 Å². The van der Waals surface area contributed by atoms with Crippen LogP contribution in [0.25, 0.3) is 0 Å². The molecule has 6 heteroatoms. The van der Waals surface area contributed by atoms with Crippen LogP contribution in [-0.4, -0.2) is 47.4 Å². The Bertz CT molecular complexity index is 462. The fraction of sp³-hybridized carbons (Fsp3) is 0.824. The molecule has 2 rings (SSSR count). The monoisotopic (exact) mass is 324 g/mol. The Labute approximate surface area is 137 Å². The van der Waals surface area contributed by atoms with Crippen molar-refractivity contribution in [1.82, 2.24) is 10.2 Å². The minimum absolute atomic E-state index is 0.0139. The summed E-state index contributed by atoms with van der Waals surface area (Å²) in [5.74, 6) is 0.0383. The van der Waals surface area contributed by atoms with E-state index in [-0.39, 0.29) is 29.7 Å². The van der Waals surface area contributed by atoms with Crippen molar-refractivity contribution in [2.75, 3.05) is 13.1 Å². The first-order valence-electron chi connectivity index (χ1n) is 8.55. The number of carbonyl (C=O) groups is 3. The molecule has 1 N–H and O–H groups in total. The average molecular weight is 324 g/mol. The number of ketones is 1. The molecule has 130 valence electrons. The molecular weight excluding hydrogens is 296 g/mol. The van der Waals surface area contributed by atoms with Crippen LogP contribution in [0.3, 0.4) is 0 Å². The van der Waals surface area contributed by atoms with Gasteiger partial charge in [-0.25, -0.2) is 4.79 Å². The summed E-state index contributed by atoms with van der Waals surface area (Å²) in [6.07, 6.45) is 4.23. The first-order valence-corrected chi connectivity index (χ1v) is 8.55. The third kappa shape index (κ3) is 5.22. The van der Waals surface area contributed by atoms with E-state index in [0.717, 1.165) is 32.2 Å². The zero-order chi connectivity index (χ0) is 17.0. The van der Waals surface area contributed by atoms with E-state index in [4.69, 9.17) is 4.74 Å². The zero-order valence-corrected chi connectivity index (χ0v) is 14.4. The number of ether oxygens (including phenoxy) is 1. The summed E-state index contributed by atoms with van der Waals surface area (Å²) in [7, 11) is 0. The van der Waals surface area contributed by atoms with Crippen LogP contribution in [-0.2, 0) is 14.3 Å². The van der Waals surface area contributed by atoms with Gasteiger partial charge < -0.3 is 15.0 Å². The summed E-state index contributed by atoms with van der Waals surface area (Å²) in [6, 6.07) is 0.201. The molecule has 2 aliphatic rings. The average Bonchev–Trinajstić information content (AvgIpc) is 2.86. The first-order chi connectivity index (χ1) is 10.8. The molecule has 0 bridgehead atoms. The number of nitrogens with zero attached hydrogens (tertiary/aromatic N) is 1. The third-order valence-corrected chi connectivity index (χ3v) is 4.34. The fourth-order valence-electron chi connectivity index (χ4n) is 3.07. The van der Waals surface area contributed by atoms with E-state index in [9.17, 15) is 14.4 Å². The predicted molar refractivity (Wildman–Crippen MR) is 85.9 cm³/mol. The molecule has 0 spiro atoms. The summed E-state index contributed by atoms with van der Waals surface area (Å²) in [4.78, 5) is 36.6. The van der Waals surface area contributed by atoms with Crippen LogP contribution in [0.4, 0.5) is 4.79 Å². The van der Waals surface area contributed by atoms with Crippen molar-refractivity contribution in [3.8, 4) is 0 Å². The highest BCUT2D eigenvalue weighted by molar-refractivity contribution is 5.96.